The molecular weight excluding hydrogens is 318 g/mol. The lowest BCUT2D eigenvalue weighted by Gasteiger charge is -2.20. The van der Waals surface area contributed by atoms with Crippen molar-refractivity contribution < 1.29 is 22.7 Å². The van der Waals surface area contributed by atoms with Gasteiger partial charge in [0.15, 0.2) is 5.37 Å². The van der Waals surface area contributed by atoms with E-state index in [0.717, 1.165) is 0 Å². The minimum atomic E-state index is -3.68. The van der Waals surface area contributed by atoms with E-state index in [1.54, 1.807) is 31.2 Å². The first kappa shape index (κ1) is 17.2. The maximum Gasteiger partial charge on any atom is 0.339 e. The fourth-order valence-electron chi connectivity index (χ4n) is 2.33. The van der Waals surface area contributed by atoms with Crippen LogP contribution in [0.4, 0.5) is 0 Å². The van der Waals surface area contributed by atoms with E-state index in [-0.39, 0.29) is 17.1 Å². The molecule has 1 atom stereocenters. The third kappa shape index (κ3) is 3.46. The lowest BCUT2D eigenvalue weighted by atomic mass is 10.2. The van der Waals surface area contributed by atoms with Crippen molar-refractivity contribution in [3.05, 3.63) is 53.9 Å². The summed E-state index contributed by atoms with van der Waals surface area (Å²) in [5, 5.41) is -0.966. The summed E-state index contributed by atoms with van der Waals surface area (Å²) in [6.07, 6.45) is 2.98. The van der Waals surface area contributed by atoms with E-state index in [1.165, 1.54) is 37.2 Å². The second kappa shape index (κ2) is 6.97. The summed E-state index contributed by atoms with van der Waals surface area (Å²) in [7, 11) is -0.970. The van der Waals surface area contributed by atoms with Gasteiger partial charge in [-0.05, 0) is 24.6 Å². The Balaban J connectivity index is 2.48. The number of methoxy groups -OCH3 is 2. The van der Waals surface area contributed by atoms with Crippen molar-refractivity contribution >= 4 is 15.8 Å². The Morgan fingerprint density at radius 2 is 1.91 bits per heavy atom. The molecular formula is C16H19NO5S. The average molecular weight is 337 g/mol. The van der Waals surface area contributed by atoms with Gasteiger partial charge in [-0.25, -0.2) is 13.2 Å². The maximum atomic E-state index is 13.0. The van der Waals surface area contributed by atoms with Crippen molar-refractivity contribution in [2.45, 2.75) is 17.2 Å². The van der Waals surface area contributed by atoms with Crippen LogP contribution in [0.2, 0.25) is 0 Å². The molecule has 0 amide bonds. The van der Waals surface area contributed by atoms with Crippen LogP contribution in [0.5, 0.6) is 0 Å². The van der Waals surface area contributed by atoms with Crippen molar-refractivity contribution in [2.24, 2.45) is 0 Å². The smallest absolute Gasteiger partial charge is 0.339 e. The molecule has 0 aliphatic heterocycles. The number of nitrogens with zero attached hydrogens (tertiary/aromatic N) is 1. The van der Waals surface area contributed by atoms with Gasteiger partial charge in [-0.15, -0.1) is 0 Å². The molecule has 1 aromatic carbocycles. The molecule has 2 aromatic rings. The molecule has 2 rings (SSSR count). The van der Waals surface area contributed by atoms with Crippen molar-refractivity contribution in [1.82, 2.24) is 4.57 Å². The number of hydrogen-bond donors (Lipinski definition) is 0. The van der Waals surface area contributed by atoms with Gasteiger partial charge in [0.05, 0.1) is 24.2 Å². The predicted octanol–water partition coefficient (Wildman–Crippen LogP) is 2.20. The standard InChI is InChI=1S/C16H19NO5S/c1-12-6-4-5-7-14(12)23(19,20)15(11-21-2)17-9-8-13(10-17)16(18)22-3/h4-10,15H,11H2,1-3H3. The Morgan fingerprint density at radius 1 is 1.22 bits per heavy atom. The number of aryl methyl sites for hydroxylation is 1. The summed E-state index contributed by atoms with van der Waals surface area (Å²) in [4.78, 5) is 11.8. The number of carbonyl (C=O) groups is 1. The minimum Gasteiger partial charge on any atom is -0.465 e. The number of rotatable bonds is 6. The summed E-state index contributed by atoms with van der Waals surface area (Å²) in [6.45, 7) is 1.71. The van der Waals surface area contributed by atoms with E-state index in [4.69, 9.17) is 4.74 Å². The lowest BCUT2D eigenvalue weighted by molar-refractivity contribution is 0.0600. The van der Waals surface area contributed by atoms with Crippen molar-refractivity contribution in [1.29, 1.82) is 0 Å². The molecule has 0 N–H and O–H groups in total. The van der Waals surface area contributed by atoms with Crippen LogP contribution in [0.15, 0.2) is 47.6 Å². The van der Waals surface area contributed by atoms with Gasteiger partial charge in [0, 0.05) is 19.5 Å². The zero-order valence-electron chi connectivity index (χ0n) is 13.2. The largest absolute Gasteiger partial charge is 0.465 e. The van der Waals surface area contributed by atoms with E-state index in [1.807, 2.05) is 0 Å². The van der Waals surface area contributed by atoms with Crippen LogP contribution >= 0.6 is 0 Å². The predicted molar refractivity (Wildman–Crippen MR) is 85.0 cm³/mol. The third-order valence-electron chi connectivity index (χ3n) is 3.54. The Labute approximate surface area is 135 Å². The Hall–Kier alpha value is -2.12. The number of aromatic nitrogens is 1. The monoisotopic (exact) mass is 337 g/mol. The SMILES string of the molecule is COCC(n1ccc(C(=O)OC)c1)S(=O)(=O)c1ccccc1C. The van der Waals surface area contributed by atoms with Crippen molar-refractivity contribution in [3.63, 3.8) is 0 Å². The molecule has 0 spiro atoms. The van der Waals surface area contributed by atoms with Gasteiger partial charge < -0.3 is 14.0 Å². The zero-order chi connectivity index (χ0) is 17.0. The number of benzene rings is 1. The van der Waals surface area contributed by atoms with Crippen LogP contribution in [0.25, 0.3) is 0 Å². The second-order valence-corrected chi connectivity index (χ2v) is 7.13. The molecule has 124 valence electrons. The van der Waals surface area contributed by atoms with Gasteiger partial charge in [-0.2, -0.15) is 0 Å². The molecule has 0 saturated carbocycles. The quantitative estimate of drug-likeness (QED) is 0.756. The molecule has 1 unspecified atom stereocenters. The normalized spacial score (nSPS) is 12.8. The van der Waals surface area contributed by atoms with Gasteiger partial charge in [0.25, 0.3) is 0 Å². The van der Waals surface area contributed by atoms with Gasteiger partial charge in [0.1, 0.15) is 0 Å². The van der Waals surface area contributed by atoms with Crippen LogP contribution in [0.3, 0.4) is 0 Å². The van der Waals surface area contributed by atoms with E-state index in [2.05, 4.69) is 4.74 Å². The number of sulfone groups is 1. The molecule has 0 aliphatic carbocycles. The highest BCUT2D eigenvalue weighted by Crippen LogP contribution is 2.27. The fourth-order valence-corrected chi connectivity index (χ4v) is 4.18. The van der Waals surface area contributed by atoms with Gasteiger partial charge >= 0.3 is 5.97 Å². The van der Waals surface area contributed by atoms with Crippen molar-refractivity contribution in [3.8, 4) is 0 Å². The van der Waals surface area contributed by atoms with Crippen LogP contribution in [-0.2, 0) is 19.3 Å². The maximum absolute atomic E-state index is 13.0. The summed E-state index contributed by atoms with van der Waals surface area (Å²) < 4.78 is 37.1. The van der Waals surface area contributed by atoms with Gasteiger partial charge in [0.2, 0.25) is 9.84 Å². The molecule has 7 heteroatoms. The molecule has 0 bridgehead atoms. The third-order valence-corrected chi connectivity index (χ3v) is 5.70. The number of ether oxygens (including phenoxy) is 2. The minimum absolute atomic E-state index is 0.0358. The Morgan fingerprint density at radius 3 is 2.52 bits per heavy atom. The first-order valence-corrected chi connectivity index (χ1v) is 8.50. The molecule has 6 nitrogen and oxygen atoms in total. The molecule has 1 heterocycles. The highest BCUT2D eigenvalue weighted by molar-refractivity contribution is 7.91. The molecule has 0 radical (unpaired) electrons. The number of esters is 1. The summed E-state index contributed by atoms with van der Waals surface area (Å²) in [6, 6.07) is 8.29. The first-order valence-electron chi connectivity index (χ1n) is 6.96. The topological polar surface area (TPSA) is 74.6 Å². The summed E-state index contributed by atoms with van der Waals surface area (Å²) in [5.74, 6) is -0.520. The van der Waals surface area contributed by atoms with Crippen LogP contribution in [-0.4, -0.2) is 39.8 Å². The molecule has 23 heavy (non-hydrogen) atoms. The van der Waals surface area contributed by atoms with E-state index in [0.29, 0.717) is 5.56 Å². The van der Waals surface area contributed by atoms with E-state index >= 15 is 0 Å². The van der Waals surface area contributed by atoms with Crippen molar-refractivity contribution in [2.75, 3.05) is 20.8 Å². The van der Waals surface area contributed by atoms with Crippen LogP contribution in [0.1, 0.15) is 21.3 Å². The van der Waals surface area contributed by atoms with Crippen LogP contribution < -0.4 is 0 Å². The fraction of sp³-hybridized carbons (Fsp3) is 0.312. The van der Waals surface area contributed by atoms with Gasteiger partial charge in [-0.3, -0.25) is 0 Å². The van der Waals surface area contributed by atoms with Crippen LogP contribution in [0, 0.1) is 6.92 Å². The molecule has 0 saturated heterocycles. The summed E-state index contributed by atoms with van der Waals surface area (Å²) >= 11 is 0. The molecule has 0 fully saturated rings. The first-order chi connectivity index (χ1) is 10.9. The highest BCUT2D eigenvalue weighted by atomic mass is 32.2. The molecule has 1 aromatic heterocycles. The van der Waals surface area contributed by atoms with E-state index < -0.39 is 21.2 Å². The lowest BCUT2D eigenvalue weighted by Crippen LogP contribution is -2.24. The highest BCUT2D eigenvalue weighted by Gasteiger charge is 2.30. The second-order valence-electron chi connectivity index (χ2n) is 5.06. The van der Waals surface area contributed by atoms with E-state index in [9.17, 15) is 13.2 Å². The summed E-state index contributed by atoms with van der Waals surface area (Å²) in [5.41, 5.74) is 0.947. The Kier molecular flexibility index (Phi) is 5.23. The molecule has 0 aliphatic rings. The average Bonchev–Trinajstić information content (AvgIpc) is 3.01. The zero-order valence-corrected chi connectivity index (χ0v) is 14.0. The van der Waals surface area contributed by atoms with Gasteiger partial charge in [-0.1, -0.05) is 18.2 Å². The number of hydrogen-bond acceptors (Lipinski definition) is 5. The number of carbonyl (C=O) groups excluding carboxylic acids is 1. The Bertz CT molecular complexity index is 794.